The highest BCUT2D eigenvalue weighted by Gasteiger charge is 2.24. The van der Waals surface area contributed by atoms with Crippen LogP contribution >= 0.6 is 10.7 Å². The van der Waals surface area contributed by atoms with Gasteiger partial charge in [-0.3, -0.25) is 0 Å². The Kier molecular flexibility index (Phi) is 5.40. The Labute approximate surface area is 127 Å². The number of ether oxygens (including phenoxy) is 1. The molecule has 0 unspecified atom stereocenters. The molecule has 0 radical (unpaired) electrons. The van der Waals surface area contributed by atoms with Gasteiger partial charge in [0.25, 0.3) is 0 Å². The van der Waals surface area contributed by atoms with Crippen molar-refractivity contribution < 1.29 is 17.9 Å². The van der Waals surface area contributed by atoms with E-state index in [0.717, 1.165) is 5.56 Å². The van der Waals surface area contributed by atoms with E-state index in [9.17, 15) is 13.2 Å². The van der Waals surface area contributed by atoms with Crippen molar-refractivity contribution in [2.45, 2.75) is 6.61 Å². The van der Waals surface area contributed by atoms with Crippen LogP contribution < -0.4 is 4.83 Å². The van der Waals surface area contributed by atoms with Crippen molar-refractivity contribution in [3.63, 3.8) is 0 Å². The molecule has 0 aliphatic carbocycles. The number of amides is 1. The van der Waals surface area contributed by atoms with Crippen LogP contribution in [0.5, 0.6) is 0 Å². The van der Waals surface area contributed by atoms with E-state index in [1.807, 2.05) is 30.3 Å². The molecule has 9 heteroatoms. The average molecular weight is 334 g/mol. The van der Waals surface area contributed by atoms with Crippen molar-refractivity contribution in [3.8, 4) is 0 Å². The SMILES string of the molecule is O=C(OCc1ccccc1)N1CCN(NS(=O)(=O)Cl)CC1. The number of nitrogens with one attached hydrogen (secondary N) is 1. The fraction of sp³-hybridized carbons (Fsp3) is 0.417. The number of hydrogen-bond donors (Lipinski definition) is 1. The number of benzene rings is 1. The van der Waals surface area contributed by atoms with Gasteiger partial charge < -0.3 is 9.64 Å². The Bertz CT molecular complexity index is 573. The summed E-state index contributed by atoms with van der Waals surface area (Å²) in [5.41, 5.74) is 0.916. The molecule has 1 heterocycles. The lowest BCUT2D eigenvalue weighted by atomic mass is 10.2. The quantitative estimate of drug-likeness (QED) is 0.829. The van der Waals surface area contributed by atoms with E-state index >= 15 is 0 Å². The van der Waals surface area contributed by atoms with Gasteiger partial charge in [0.05, 0.1) is 0 Å². The lowest BCUT2D eigenvalue weighted by molar-refractivity contribution is 0.0668. The van der Waals surface area contributed by atoms with E-state index in [2.05, 4.69) is 4.83 Å². The molecule has 1 N–H and O–H groups in total. The van der Waals surface area contributed by atoms with Crippen molar-refractivity contribution in [1.82, 2.24) is 14.7 Å². The predicted molar refractivity (Wildman–Crippen MR) is 77.7 cm³/mol. The number of carbonyl (C=O) groups excluding carboxylic acids is 1. The maximum atomic E-state index is 11.9. The smallest absolute Gasteiger partial charge is 0.410 e. The molecule has 116 valence electrons. The predicted octanol–water partition coefficient (Wildman–Crippen LogP) is 0.929. The van der Waals surface area contributed by atoms with Gasteiger partial charge in [-0.2, -0.15) is 8.42 Å². The maximum absolute atomic E-state index is 11.9. The number of rotatable bonds is 4. The number of hydrazine groups is 1. The number of piperazine rings is 1. The Morgan fingerprint density at radius 3 is 2.38 bits per heavy atom. The molecule has 0 atom stereocenters. The van der Waals surface area contributed by atoms with Crippen LogP contribution in [-0.2, 0) is 20.6 Å². The van der Waals surface area contributed by atoms with Gasteiger partial charge in [-0.25, -0.2) is 9.80 Å². The molecule has 1 aliphatic rings. The molecule has 1 saturated heterocycles. The number of nitrogens with zero attached hydrogens (tertiary/aromatic N) is 2. The van der Waals surface area contributed by atoms with E-state index in [1.165, 1.54) is 9.91 Å². The maximum Gasteiger partial charge on any atom is 0.410 e. The largest absolute Gasteiger partial charge is 0.445 e. The van der Waals surface area contributed by atoms with Gasteiger partial charge in [-0.05, 0) is 5.56 Å². The second-order valence-corrected chi connectivity index (χ2v) is 6.82. The zero-order chi connectivity index (χ0) is 15.3. The summed E-state index contributed by atoms with van der Waals surface area (Å²) in [6.07, 6.45) is -0.410. The zero-order valence-corrected chi connectivity index (χ0v) is 12.8. The molecule has 0 saturated carbocycles. The molecule has 0 spiro atoms. The summed E-state index contributed by atoms with van der Waals surface area (Å²) >= 11 is 0. The molecule has 7 nitrogen and oxygen atoms in total. The number of carbonyl (C=O) groups is 1. The number of hydrogen-bond acceptors (Lipinski definition) is 5. The first kappa shape index (κ1) is 16.0. The highest BCUT2D eigenvalue weighted by Crippen LogP contribution is 2.06. The van der Waals surface area contributed by atoms with Crippen LogP contribution in [0.2, 0.25) is 0 Å². The molecular weight excluding hydrogens is 318 g/mol. The van der Waals surface area contributed by atoms with Gasteiger partial charge in [0.15, 0.2) is 0 Å². The summed E-state index contributed by atoms with van der Waals surface area (Å²) in [6.45, 7) is 1.66. The van der Waals surface area contributed by atoms with Crippen LogP contribution in [0.15, 0.2) is 30.3 Å². The summed E-state index contributed by atoms with van der Waals surface area (Å²) in [5, 5.41) is 1.45. The summed E-state index contributed by atoms with van der Waals surface area (Å²) in [6, 6.07) is 9.39. The molecule has 1 amide bonds. The second-order valence-electron chi connectivity index (χ2n) is 4.54. The standard InChI is InChI=1S/C12H16ClN3O4S/c13-21(18,19)14-16-8-6-15(7-9-16)12(17)20-10-11-4-2-1-3-5-11/h1-5,14H,6-10H2. The van der Waals surface area contributed by atoms with Crippen LogP contribution in [0.3, 0.4) is 0 Å². The van der Waals surface area contributed by atoms with Crippen molar-refractivity contribution in [1.29, 1.82) is 0 Å². The third kappa shape index (κ3) is 5.50. The fourth-order valence-corrected chi connectivity index (χ4v) is 2.73. The normalized spacial score (nSPS) is 16.7. The Morgan fingerprint density at radius 1 is 1.19 bits per heavy atom. The van der Waals surface area contributed by atoms with E-state index in [1.54, 1.807) is 0 Å². The first-order valence-corrected chi connectivity index (χ1v) is 8.67. The zero-order valence-electron chi connectivity index (χ0n) is 11.2. The third-order valence-electron chi connectivity index (χ3n) is 2.98. The van der Waals surface area contributed by atoms with Gasteiger partial charge in [-0.15, -0.1) is 4.83 Å². The van der Waals surface area contributed by atoms with E-state index in [-0.39, 0.29) is 6.61 Å². The first-order valence-electron chi connectivity index (χ1n) is 6.37. The van der Waals surface area contributed by atoms with E-state index in [4.69, 9.17) is 15.4 Å². The minimum atomic E-state index is -3.79. The minimum Gasteiger partial charge on any atom is -0.445 e. The second kappa shape index (κ2) is 7.08. The molecule has 0 bridgehead atoms. The molecular formula is C12H16ClN3O4S. The Hall–Kier alpha value is -1.35. The Balaban J connectivity index is 1.75. The molecule has 1 aromatic rings. The molecule has 1 aliphatic heterocycles. The highest BCUT2D eigenvalue weighted by molar-refractivity contribution is 8.12. The van der Waals surface area contributed by atoms with Crippen LogP contribution in [0.4, 0.5) is 4.79 Å². The van der Waals surface area contributed by atoms with Gasteiger partial charge in [-0.1, -0.05) is 30.3 Å². The average Bonchev–Trinajstić information content (AvgIpc) is 2.45. The van der Waals surface area contributed by atoms with Crippen molar-refractivity contribution in [3.05, 3.63) is 35.9 Å². The van der Waals surface area contributed by atoms with Crippen molar-refractivity contribution >= 4 is 26.0 Å². The summed E-state index contributed by atoms with van der Waals surface area (Å²) in [5.74, 6) is 0. The topological polar surface area (TPSA) is 79.0 Å². The molecule has 21 heavy (non-hydrogen) atoms. The molecule has 0 aromatic heterocycles. The lowest BCUT2D eigenvalue weighted by Crippen LogP contribution is -2.54. The van der Waals surface area contributed by atoms with E-state index < -0.39 is 15.3 Å². The highest BCUT2D eigenvalue weighted by atomic mass is 35.7. The van der Waals surface area contributed by atoms with Gasteiger partial charge >= 0.3 is 15.3 Å². The Morgan fingerprint density at radius 2 is 1.81 bits per heavy atom. The van der Waals surface area contributed by atoms with Gasteiger partial charge in [0, 0.05) is 36.9 Å². The third-order valence-corrected chi connectivity index (χ3v) is 3.66. The minimum absolute atomic E-state index is 0.216. The first-order chi connectivity index (χ1) is 9.94. The molecule has 2 rings (SSSR count). The van der Waals surface area contributed by atoms with E-state index in [0.29, 0.717) is 26.2 Å². The van der Waals surface area contributed by atoms with Crippen LogP contribution in [0.1, 0.15) is 5.56 Å². The van der Waals surface area contributed by atoms with Gasteiger partial charge in [0.1, 0.15) is 6.61 Å². The van der Waals surface area contributed by atoms with Crippen LogP contribution in [-0.4, -0.2) is 50.6 Å². The van der Waals surface area contributed by atoms with Gasteiger partial charge in [0.2, 0.25) is 0 Å². The molecule has 1 aromatic carbocycles. The van der Waals surface area contributed by atoms with Crippen molar-refractivity contribution in [2.75, 3.05) is 26.2 Å². The number of halogens is 1. The van der Waals surface area contributed by atoms with Crippen LogP contribution in [0, 0.1) is 0 Å². The lowest BCUT2D eigenvalue weighted by Gasteiger charge is -2.33. The monoisotopic (exact) mass is 333 g/mol. The van der Waals surface area contributed by atoms with Crippen molar-refractivity contribution in [2.24, 2.45) is 0 Å². The fourth-order valence-electron chi connectivity index (χ4n) is 1.95. The van der Waals surface area contributed by atoms with Crippen LogP contribution in [0.25, 0.3) is 0 Å². The molecule has 1 fully saturated rings. The summed E-state index contributed by atoms with van der Waals surface area (Å²) < 4.78 is 27.0. The summed E-state index contributed by atoms with van der Waals surface area (Å²) in [7, 11) is 1.30. The summed E-state index contributed by atoms with van der Waals surface area (Å²) in [4.78, 5) is 15.6.